The van der Waals surface area contributed by atoms with E-state index >= 15 is 0 Å². The zero-order valence-electron chi connectivity index (χ0n) is 11.0. The summed E-state index contributed by atoms with van der Waals surface area (Å²) in [6.45, 7) is 3.70. The molecule has 4 heteroatoms. The zero-order chi connectivity index (χ0) is 13.4. The van der Waals surface area contributed by atoms with Crippen molar-refractivity contribution in [3.05, 3.63) is 34.9 Å². The number of nitrogens with zero attached hydrogens (tertiary/aromatic N) is 1. The van der Waals surface area contributed by atoms with Crippen LogP contribution in [0.15, 0.2) is 24.3 Å². The van der Waals surface area contributed by atoms with Crippen molar-refractivity contribution < 1.29 is 9.53 Å². The maximum atomic E-state index is 12.4. The number of likely N-dealkylation sites (tertiary alicyclic amines) is 1. The third kappa shape index (κ3) is 2.63. The van der Waals surface area contributed by atoms with Crippen LogP contribution < -0.4 is 0 Å². The number of carbonyl (C=O) groups excluding carboxylic acids is 1. The van der Waals surface area contributed by atoms with Gasteiger partial charge in [0.1, 0.15) is 0 Å². The first kappa shape index (κ1) is 12.9. The van der Waals surface area contributed by atoms with Crippen LogP contribution in [0.4, 0.5) is 0 Å². The van der Waals surface area contributed by atoms with Gasteiger partial charge in [0.2, 0.25) is 0 Å². The lowest BCUT2D eigenvalue weighted by molar-refractivity contribution is 0.00865. The first-order valence-electron chi connectivity index (χ1n) is 6.84. The van der Waals surface area contributed by atoms with Crippen molar-refractivity contribution in [1.82, 2.24) is 4.90 Å². The molecule has 2 aliphatic heterocycles. The van der Waals surface area contributed by atoms with Crippen LogP contribution in [0.25, 0.3) is 0 Å². The minimum atomic E-state index is 0.0838. The molecule has 19 heavy (non-hydrogen) atoms. The Labute approximate surface area is 118 Å². The Kier molecular flexibility index (Phi) is 3.50. The van der Waals surface area contributed by atoms with Crippen molar-refractivity contribution in [2.75, 3.05) is 13.1 Å². The largest absolute Gasteiger partial charge is 0.375 e. The molecule has 0 unspecified atom stereocenters. The summed E-state index contributed by atoms with van der Waals surface area (Å²) in [6.07, 6.45) is 2.68. The third-order valence-electron chi connectivity index (χ3n) is 4.06. The van der Waals surface area contributed by atoms with Gasteiger partial charge in [0.25, 0.3) is 5.91 Å². The summed E-state index contributed by atoms with van der Waals surface area (Å²) in [5, 5.41) is 0.610. The predicted molar refractivity (Wildman–Crippen MR) is 74.4 cm³/mol. The molecule has 1 aromatic carbocycles. The van der Waals surface area contributed by atoms with E-state index in [1.54, 1.807) is 12.1 Å². The van der Waals surface area contributed by atoms with E-state index in [1.807, 2.05) is 17.0 Å². The molecule has 2 aliphatic rings. The molecular weight excluding hydrogens is 262 g/mol. The van der Waals surface area contributed by atoms with Crippen molar-refractivity contribution in [3.8, 4) is 0 Å². The summed E-state index contributed by atoms with van der Waals surface area (Å²) in [4.78, 5) is 14.4. The molecule has 0 bridgehead atoms. The van der Waals surface area contributed by atoms with E-state index in [4.69, 9.17) is 16.3 Å². The summed E-state index contributed by atoms with van der Waals surface area (Å²) in [5.74, 6) is 0.576. The molecule has 1 aromatic rings. The zero-order valence-corrected chi connectivity index (χ0v) is 11.8. The first-order chi connectivity index (χ1) is 9.13. The SMILES string of the molecule is C[C@@H]1C[C@@H]2CN(C(=O)c3cccc(Cl)c3)CC[C@H]2O1. The molecule has 2 fully saturated rings. The predicted octanol–water partition coefficient (Wildman–Crippen LogP) is 2.98. The fourth-order valence-electron chi connectivity index (χ4n) is 3.19. The van der Waals surface area contributed by atoms with E-state index in [0.717, 1.165) is 25.9 Å². The Morgan fingerprint density at radius 2 is 2.32 bits per heavy atom. The Balaban J connectivity index is 1.71. The minimum Gasteiger partial charge on any atom is -0.375 e. The van der Waals surface area contributed by atoms with Gasteiger partial charge in [-0.1, -0.05) is 17.7 Å². The second kappa shape index (κ2) is 5.14. The molecule has 0 N–H and O–H groups in total. The van der Waals surface area contributed by atoms with E-state index < -0.39 is 0 Å². The van der Waals surface area contributed by atoms with Crippen LogP contribution in [0.5, 0.6) is 0 Å². The maximum absolute atomic E-state index is 12.4. The van der Waals surface area contributed by atoms with E-state index in [9.17, 15) is 4.79 Å². The lowest BCUT2D eigenvalue weighted by Crippen LogP contribution is -2.44. The number of halogens is 1. The average Bonchev–Trinajstić information content (AvgIpc) is 2.76. The van der Waals surface area contributed by atoms with Gasteiger partial charge in [-0.25, -0.2) is 0 Å². The second-order valence-electron chi connectivity index (χ2n) is 5.53. The molecule has 2 heterocycles. The quantitative estimate of drug-likeness (QED) is 0.791. The molecule has 3 nitrogen and oxygen atoms in total. The Morgan fingerprint density at radius 3 is 3.11 bits per heavy atom. The van der Waals surface area contributed by atoms with Gasteiger partial charge in [-0.2, -0.15) is 0 Å². The number of ether oxygens (including phenoxy) is 1. The normalized spacial score (nSPS) is 30.2. The minimum absolute atomic E-state index is 0.0838. The lowest BCUT2D eigenvalue weighted by Gasteiger charge is -2.34. The molecule has 1 amide bonds. The first-order valence-corrected chi connectivity index (χ1v) is 7.21. The number of fused-ring (bicyclic) bond motifs is 1. The summed E-state index contributed by atoms with van der Waals surface area (Å²) < 4.78 is 5.86. The van der Waals surface area contributed by atoms with Crippen LogP contribution >= 0.6 is 11.6 Å². The van der Waals surface area contributed by atoms with Gasteiger partial charge >= 0.3 is 0 Å². The molecule has 0 saturated carbocycles. The van der Waals surface area contributed by atoms with Crippen molar-refractivity contribution in [2.24, 2.45) is 5.92 Å². The molecule has 3 rings (SSSR count). The van der Waals surface area contributed by atoms with Gasteiger partial charge in [0, 0.05) is 29.6 Å². The van der Waals surface area contributed by atoms with Gasteiger partial charge in [-0.15, -0.1) is 0 Å². The van der Waals surface area contributed by atoms with E-state index in [0.29, 0.717) is 28.7 Å². The lowest BCUT2D eigenvalue weighted by atomic mass is 9.92. The molecule has 2 saturated heterocycles. The fraction of sp³-hybridized carbons (Fsp3) is 0.533. The molecule has 102 valence electrons. The number of rotatable bonds is 1. The Morgan fingerprint density at radius 1 is 1.47 bits per heavy atom. The smallest absolute Gasteiger partial charge is 0.253 e. The van der Waals surface area contributed by atoms with Crippen LogP contribution in [0, 0.1) is 5.92 Å². The topological polar surface area (TPSA) is 29.5 Å². The van der Waals surface area contributed by atoms with Gasteiger partial charge < -0.3 is 9.64 Å². The van der Waals surface area contributed by atoms with E-state index in [-0.39, 0.29) is 5.91 Å². The van der Waals surface area contributed by atoms with Crippen molar-refractivity contribution in [1.29, 1.82) is 0 Å². The van der Waals surface area contributed by atoms with Crippen LogP contribution in [-0.2, 0) is 4.74 Å². The number of piperidine rings is 1. The number of carbonyl (C=O) groups is 1. The summed E-state index contributed by atoms with van der Waals surface area (Å²) in [5.41, 5.74) is 0.679. The van der Waals surface area contributed by atoms with Gasteiger partial charge in [-0.3, -0.25) is 4.79 Å². The van der Waals surface area contributed by atoms with E-state index in [1.165, 1.54) is 0 Å². The van der Waals surface area contributed by atoms with Crippen LogP contribution in [0.1, 0.15) is 30.1 Å². The van der Waals surface area contributed by atoms with Crippen molar-refractivity contribution >= 4 is 17.5 Å². The molecule has 0 aliphatic carbocycles. The van der Waals surface area contributed by atoms with Gasteiger partial charge in [-0.05, 0) is 38.0 Å². The summed E-state index contributed by atoms with van der Waals surface area (Å²) in [6, 6.07) is 7.18. The summed E-state index contributed by atoms with van der Waals surface area (Å²) >= 11 is 5.95. The van der Waals surface area contributed by atoms with Crippen molar-refractivity contribution in [2.45, 2.75) is 32.0 Å². The number of benzene rings is 1. The van der Waals surface area contributed by atoms with Crippen LogP contribution in [-0.4, -0.2) is 36.1 Å². The maximum Gasteiger partial charge on any atom is 0.253 e. The third-order valence-corrected chi connectivity index (χ3v) is 4.30. The highest BCUT2D eigenvalue weighted by molar-refractivity contribution is 6.30. The second-order valence-corrected chi connectivity index (χ2v) is 5.97. The number of hydrogen-bond donors (Lipinski definition) is 0. The molecule has 0 aromatic heterocycles. The van der Waals surface area contributed by atoms with Gasteiger partial charge in [0.05, 0.1) is 12.2 Å². The Hall–Kier alpha value is -1.06. The highest BCUT2D eigenvalue weighted by atomic mass is 35.5. The average molecular weight is 280 g/mol. The fourth-order valence-corrected chi connectivity index (χ4v) is 3.38. The number of hydrogen-bond acceptors (Lipinski definition) is 2. The highest BCUT2D eigenvalue weighted by Gasteiger charge is 2.38. The van der Waals surface area contributed by atoms with E-state index in [2.05, 4.69) is 6.92 Å². The molecule has 0 radical (unpaired) electrons. The molecular formula is C15H18ClNO2. The standard InChI is InChI=1S/C15H18ClNO2/c1-10-7-12-9-17(6-5-14(12)19-10)15(18)11-3-2-4-13(16)8-11/h2-4,8,10,12,14H,5-7,9H2,1H3/t10-,12-,14-/m1/s1. The molecule has 3 atom stereocenters. The van der Waals surface area contributed by atoms with Crippen molar-refractivity contribution in [3.63, 3.8) is 0 Å². The monoisotopic (exact) mass is 279 g/mol. The number of amides is 1. The molecule has 0 spiro atoms. The Bertz CT molecular complexity index is 491. The summed E-state index contributed by atoms with van der Waals surface area (Å²) in [7, 11) is 0. The van der Waals surface area contributed by atoms with Crippen LogP contribution in [0.2, 0.25) is 5.02 Å². The van der Waals surface area contributed by atoms with Gasteiger partial charge in [0.15, 0.2) is 0 Å². The highest BCUT2D eigenvalue weighted by Crippen LogP contribution is 2.33. The van der Waals surface area contributed by atoms with Crippen LogP contribution in [0.3, 0.4) is 0 Å².